The number of Topliss-reactive ketones (excluding diaryl/α,β-unsaturated/α-hetero) is 1. The Labute approximate surface area is 143 Å². The van der Waals surface area contributed by atoms with Crippen LogP contribution in [0.2, 0.25) is 0 Å². The molecule has 0 bridgehead atoms. The van der Waals surface area contributed by atoms with E-state index in [0.29, 0.717) is 10.7 Å². The molecule has 0 unspecified atom stereocenters. The standard InChI is InChI=1S/C18H16FN3OS/c1-12(16(23)13-8-10-15(19)11-9-13)24-18-21-20-17(22(18)2)14-6-4-3-5-7-14/h3-12H,1-2H3/t12-/m1/s1. The zero-order valence-electron chi connectivity index (χ0n) is 13.3. The van der Waals surface area contributed by atoms with Crippen LogP contribution < -0.4 is 0 Å². The smallest absolute Gasteiger partial charge is 0.191 e. The molecule has 6 heteroatoms. The van der Waals surface area contributed by atoms with Crippen LogP contribution in [0, 0.1) is 5.82 Å². The number of thioether (sulfide) groups is 1. The Balaban J connectivity index is 1.78. The van der Waals surface area contributed by atoms with Crippen molar-refractivity contribution < 1.29 is 9.18 Å². The largest absolute Gasteiger partial charge is 0.305 e. The van der Waals surface area contributed by atoms with Crippen molar-refractivity contribution in [2.75, 3.05) is 0 Å². The van der Waals surface area contributed by atoms with Crippen LogP contribution in [0.25, 0.3) is 11.4 Å². The van der Waals surface area contributed by atoms with Gasteiger partial charge in [0, 0.05) is 18.2 Å². The normalized spacial score (nSPS) is 12.1. The molecule has 2 aromatic carbocycles. The van der Waals surface area contributed by atoms with E-state index in [2.05, 4.69) is 10.2 Å². The van der Waals surface area contributed by atoms with Gasteiger partial charge >= 0.3 is 0 Å². The first-order valence-corrected chi connectivity index (χ1v) is 8.35. The monoisotopic (exact) mass is 341 g/mol. The van der Waals surface area contributed by atoms with Crippen LogP contribution in [0.15, 0.2) is 59.8 Å². The van der Waals surface area contributed by atoms with Crippen LogP contribution in [0.4, 0.5) is 4.39 Å². The molecule has 0 aliphatic rings. The van der Waals surface area contributed by atoms with Gasteiger partial charge in [-0.05, 0) is 31.2 Å². The Morgan fingerprint density at radius 2 is 1.75 bits per heavy atom. The highest BCUT2D eigenvalue weighted by molar-refractivity contribution is 8.00. The van der Waals surface area contributed by atoms with Crippen molar-refractivity contribution in [3.63, 3.8) is 0 Å². The number of benzene rings is 2. The number of ketones is 1. The molecule has 24 heavy (non-hydrogen) atoms. The lowest BCUT2D eigenvalue weighted by Gasteiger charge is -2.10. The number of carbonyl (C=O) groups excluding carboxylic acids is 1. The summed E-state index contributed by atoms with van der Waals surface area (Å²) in [7, 11) is 1.87. The fourth-order valence-electron chi connectivity index (χ4n) is 2.32. The number of hydrogen-bond acceptors (Lipinski definition) is 4. The first kappa shape index (κ1) is 16.4. The molecule has 0 aliphatic carbocycles. The molecule has 0 spiro atoms. The molecule has 3 aromatic rings. The topological polar surface area (TPSA) is 47.8 Å². The van der Waals surface area contributed by atoms with E-state index in [-0.39, 0.29) is 16.9 Å². The fraction of sp³-hybridized carbons (Fsp3) is 0.167. The second-order valence-corrected chi connectivity index (χ2v) is 6.67. The van der Waals surface area contributed by atoms with E-state index in [1.54, 1.807) is 0 Å². The maximum atomic E-state index is 13.0. The zero-order chi connectivity index (χ0) is 17.1. The molecule has 0 aliphatic heterocycles. The van der Waals surface area contributed by atoms with Crippen molar-refractivity contribution in [2.24, 2.45) is 7.05 Å². The van der Waals surface area contributed by atoms with Crippen molar-refractivity contribution in [1.82, 2.24) is 14.8 Å². The Hall–Kier alpha value is -2.47. The van der Waals surface area contributed by atoms with Gasteiger partial charge in [-0.3, -0.25) is 4.79 Å². The molecular weight excluding hydrogens is 325 g/mol. The minimum absolute atomic E-state index is 0.0655. The second-order valence-electron chi connectivity index (χ2n) is 5.36. The van der Waals surface area contributed by atoms with Gasteiger partial charge < -0.3 is 4.57 Å². The summed E-state index contributed by atoms with van der Waals surface area (Å²) < 4.78 is 14.8. The summed E-state index contributed by atoms with van der Waals surface area (Å²) in [5.41, 5.74) is 1.46. The molecule has 1 heterocycles. The van der Waals surface area contributed by atoms with E-state index in [1.807, 2.05) is 48.9 Å². The van der Waals surface area contributed by atoms with Crippen LogP contribution in [-0.2, 0) is 7.05 Å². The van der Waals surface area contributed by atoms with Gasteiger partial charge in [0.2, 0.25) is 0 Å². The summed E-state index contributed by atoms with van der Waals surface area (Å²) in [6, 6.07) is 15.3. The Kier molecular flexibility index (Phi) is 4.76. The highest BCUT2D eigenvalue weighted by atomic mass is 32.2. The molecule has 4 nitrogen and oxygen atoms in total. The average molecular weight is 341 g/mol. The Bertz CT molecular complexity index is 846. The highest BCUT2D eigenvalue weighted by Crippen LogP contribution is 2.27. The Morgan fingerprint density at radius 1 is 1.08 bits per heavy atom. The molecule has 3 rings (SSSR count). The summed E-state index contributed by atoms with van der Waals surface area (Å²) >= 11 is 1.34. The van der Waals surface area contributed by atoms with Crippen molar-refractivity contribution in [1.29, 1.82) is 0 Å². The van der Waals surface area contributed by atoms with E-state index < -0.39 is 0 Å². The quantitative estimate of drug-likeness (QED) is 0.520. The van der Waals surface area contributed by atoms with Gasteiger partial charge in [-0.2, -0.15) is 0 Å². The molecule has 0 saturated carbocycles. The van der Waals surface area contributed by atoms with Crippen LogP contribution >= 0.6 is 11.8 Å². The molecule has 122 valence electrons. The number of halogens is 1. The summed E-state index contributed by atoms with van der Waals surface area (Å²) in [5, 5.41) is 8.72. The maximum Gasteiger partial charge on any atom is 0.191 e. The third kappa shape index (κ3) is 3.38. The third-order valence-corrected chi connectivity index (χ3v) is 4.78. The number of aromatic nitrogens is 3. The SMILES string of the molecule is C[C@@H](Sc1nnc(-c2ccccc2)n1C)C(=O)c1ccc(F)cc1. The lowest BCUT2D eigenvalue weighted by molar-refractivity contribution is 0.0994. The molecule has 1 atom stereocenters. The van der Waals surface area contributed by atoms with Gasteiger partial charge in [-0.1, -0.05) is 42.1 Å². The van der Waals surface area contributed by atoms with Gasteiger partial charge in [0.05, 0.1) is 5.25 Å². The molecule has 0 N–H and O–H groups in total. The predicted octanol–water partition coefficient (Wildman–Crippen LogP) is 3.98. The fourth-order valence-corrected chi connectivity index (χ4v) is 3.21. The minimum Gasteiger partial charge on any atom is -0.305 e. The van der Waals surface area contributed by atoms with Crippen molar-refractivity contribution in [3.8, 4) is 11.4 Å². The number of nitrogens with zero attached hydrogens (tertiary/aromatic N) is 3. The van der Waals surface area contributed by atoms with E-state index in [4.69, 9.17) is 0 Å². The van der Waals surface area contributed by atoms with E-state index >= 15 is 0 Å². The lowest BCUT2D eigenvalue weighted by Crippen LogP contribution is -2.14. The van der Waals surface area contributed by atoms with Gasteiger partial charge in [-0.15, -0.1) is 10.2 Å². The predicted molar refractivity (Wildman–Crippen MR) is 92.5 cm³/mol. The third-order valence-electron chi connectivity index (χ3n) is 3.65. The molecular formula is C18H16FN3OS. The van der Waals surface area contributed by atoms with E-state index in [0.717, 1.165) is 11.4 Å². The van der Waals surface area contributed by atoms with Crippen molar-refractivity contribution >= 4 is 17.5 Å². The molecule has 0 fully saturated rings. The van der Waals surface area contributed by atoms with Crippen LogP contribution in [-0.4, -0.2) is 25.8 Å². The van der Waals surface area contributed by atoms with Gasteiger partial charge in [-0.25, -0.2) is 4.39 Å². The van der Waals surface area contributed by atoms with E-state index in [1.165, 1.54) is 36.0 Å². The number of hydrogen-bond donors (Lipinski definition) is 0. The zero-order valence-corrected chi connectivity index (χ0v) is 14.1. The van der Waals surface area contributed by atoms with Gasteiger partial charge in [0.1, 0.15) is 5.82 Å². The number of carbonyl (C=O) groups is 1. The van der Waals surface area contributed by atoms with Gasteiger partial charge in [0.25, 0.3) is 0 Å². The molecule has 0 saturated heterocycles. The van der Waals surface area contributed by atoms with Crippen molar-refractivity contribution in [2.45, 2.75) is 17.3 Å². The summed E-state index contributed by atoms with van der Waals surface area (Å²) in [5.74, 6) is 0.330. The summed E-state index contributed by atoms with van der Waals surface area (Å²) in [4.78, 5) is 12.4. The first-order chi connectivity index (χ1) is 11.6. The lowest BCUT2D eigenvalue weighted by atomic mass is 10.1. The highest BCUT2D eigenvalue weighted by Gasteiger charge is 2.20. The Morgan fingerprint density at radius 3 is 2.42 bits per heavy atom. The van der Waals surface area contributed by atoms with E-state index in [9.17, 15) is 9.18 Å². The molecule has 1 aromatic heterocycles. The molecule has 0 amide bonds. The first-order valence-electron chi connectivity index (χ1n) is 7.47. The summed E-state index contributed by atoms with van der Waals surface area (Å²) in [6.45, 7) is 1.81. The molecule has 0 radical (unpaired) electrons. The number of rotatable bonds is 5. The summed E-state index contributed by atoms with van der Waals surface area (Å²) in [6.07, 6.45) is 0. The maximum absolute atomic E-state index is 13.0. The average Bonchev–Trinajstić information content (AvgIpc) is 2.96. The van der Waals surface area contributed by atoms with Crippen LogP contribution in [0.1, 0.15) is 17.3 Å². The van der Waals surface area contributed by atoms with Gasteiger partial charge in [0.15, 0.2) is 16.8 Å². The minimum atomic E-state index is -0.354. The van der Waals surface area contributed by atoms with Crippen LogP contribution in [0.3, 0.4) is 0 Å². The van der Waals surface area contributed by atoms with Crippen molar-refractivity contribution in [3.05, 3.63) is 66.0 Å². The van der Waals surface area contributed by atoms with Crippen LogP contribution in [0.5, 0.6) is 0 Å². The second kappa shape index (κ2) is 6.97.